The third kappa shape index (κ3) is 3.67. The molecule has 0 saturated heterocycles. The molecule has 2 aromatic heterocycles. The van der Waals surface area contributed by atoms with Gasteiger partial charge in [0.2, 0.25) is 0 Å². The highest BCUT2D eigenvalue weighted by Gasteiger charge is 2.10. The molecule has 2 heterocycles. The number of fused-ring (bicyclic) bond motifs is 1. The van der Waals surface area contributed by atoms with Gasteiger partial charge in [-0.1, -0.05) is 13.8 Å². The van der Waals surface area contributed by atoms with E-state index in [1.54, 1.807) is 6.20 Å². The molecule has 2 aromatic rings. The van der Waals surface area contributed by atoms with Crippen molar-refractivity contribution < 1.29 is 4.74 Å². The lowest BCUT2D eigenvalue weighted by atomic mass is 10.2. The van der Waals surface area contributed by atoms with E-state index in [4.69, 9.17) is 16.3 Å². The Morgan fingerprint density at radius 1 is 1.42 bits per heavy atom. The van der Waals surface area contributed by atoms with Gasteiger partial charge in [-0.25, -0.2) is 9.97 Å². The third-order valence-corrected chi connectivity index (χ3v) is 3.00. The number of alkyl halides is 1. The Bertz CT molecular complexity index is 524. The Morgan fingerprint density at radius 2 is 2.26 bits per heavy atom. The van der Waals surface area contributed by atoms with E-state index in [1.165, 1.54) is 0 Å². The van der Waals surface area contributed by atoms with E-state index in [-0.39, 0.29) is 0 Å². The van der Waals surface area contributed by atoms with Gasteiger partial charge in [-0.3, -0.25) is 0 Å². The van der Waals surface area contributed by atoms with Gasteiger partial charge >= 0.3 is 0 Å². The second kappa shape index (κ2) is 6.87. The summed E-state index contributed by atoms with van der Waals surface area (Å²) in [6.07, 6.45) is 2.54. The lowest BCUT2D eigenvalue weighted by Crippen LogP contribution is -2.12. The molecule has 0 spiro atoms. The van der Waals surface area contributed by atoms with Crippen molar-refractivity contribution >= 4 is 22.8 Å². The Balaban J connectivity index is 2.12. The first kappa shape index (κ1) is 14.3. The summed E-state index contributed by atoms with van der Waals surface area (Å²) in [5.74, 6) is 2.10. The summed E-state index contributed by atoms with van der Waals surface area (Å²) in [6, 6.07) is 3.88. The zero-order valence-electron chi connectivity index (χ0n) is 11.5. The summed E-state index contributed by atoms with van der Waals surface area (Å²) in [5.41, 5.74) is 1.84. The normalized spacial score (nSPS) is 11.6. The number of pyridine rings is 1. The topological polar surface area (TPSA) is 39.9 Å². The van der Waals surface area contributed by atoms with Crippen LogP contribution in [0, 0.1) is 5.92 Å². The molecule has 0 amide bonds. The maximum atomic E-state index is 5.83. The van der Waals surface area contributed by atoms with Crippen LogP contribution in [-0.4, -0.2) is 33.6 Å². The van der Waals surface area contributed by atoms with Gasteiger partial charge in [-0.05, 0) is 18.1 Å². The van der Waals surface area contributed by atoms with Crippen LogP contribution >= 0.6 is 11.6 Å². The molecule has 5 heteroatoms. The van der Waals surface area contributed by atoms with Gasteiger partial charge in [-0.15, -0.1) is 11.6 Å². The molecule has 0 radical (unpaired) electrons. The Kier molecular flexibility index (Phi) is 5.16. The minimum Gasteiger partial charge on any atom is -0.379 e. The number of imidazole rings is 1. The van der Waals surface area contributed by atoms with E-state index in [1.807, 2.05) is 12.1 Å². The van der Waals surface area contributed by atoms with Crippen molar-refractivity contribution in [3.63, 3.8) is 0 Å². The van der Waals surface area contributed by atoms with E-state index < -0.39 is 0 Å². The largest absolute Gasteiger partial charge is 0.379 e. The fourth-order valence-corrected chi connectivity index (χ4v) is 2.16. The molecule has 4 nitrogen and oxygen atoms in total. The number of aryl methyl sites for hydroxylation is 1. The van der Waals surface area contributed by atoms with Gasteiger partial charge < -0.3 is 9.30 Å². The first-order valence-electron chi connectivity index (χ1n) is 6.66. The lowest BCUT2D eigenvalue weighted by molar-refractivity contribution is 0.103. The van der Waals surface area contributed by atoms with Crippen molar-refractivity contribution in [1.82, 2.24) is 14.5 Å². The third-order valence-electron chi connectivity index (χ3n) is 2.81. The molecule has 0 bridgehead atoms. The Hall–Kier alpha value is -1.13. The van der Waals surface area contributed by atoms with Crippen LogP contribution in [0.4, 0.5) is 0 Å². The minimum atomic E-state index is 0.556. The SMILES string of the molecule is CC(C)COCCn1c(CCCl)nc2cccnc21. The van der Waals surface area contributed by atoms with Crippen LogP contribution in [0.15, 0.2) is 18.3 Å². The summed E-state index contributed by atoms with van der Waals surface area (Å²) >= 11 is 5.83. The Labute approximate surface area is 118 Å². The van der Waals surface area contributed by atoms with E-state index in [2.05, 4.69) is 28.4 Å². The predicted molar refractivity (Wildman–Crippen MR) is 77.6 cm³/mol. The average molecular weight is 282 g/mol. The molecule has 0 atom stereocenters. The van der Waals surface area contributed by atoms with E-state index in [0.717, 1.165) is 36.6 Å². The number of halogens is 1. The number of hydrogen-bond donors (Lipinski definition) is 0. The molecule has 0 aliphatic heterocycles. The van der Waals surface area contributed by atoms with Crippen molar-refractivity contribution in [3.8, 4) is 0 Å². The van der Waals surface area contributed by atoms with Crippen LogP contribution < -0.4 is 0 Å². The molecular weight excluding hydrogens is 262 g/mol. The molecule has 0 N–H and O–H groups in total. The molecule has 0 aliphatic rings. The standard InChI is InChI=1S/C14H20ClN3O/c1-11(2)10-19-9-8-18-13(5-6-15)17-12-4-3-7-16-14(12)18/h3-4,7,11H,5-6,8-10H2,1-2H3. The fraction of sp³-hybridized carbons (Fsp3) is 0.571. The summed E-state index contributed by atoms with van der Waals surface area (Å²) in [5, 5.41) is 0. The van der Waals surface area contributed by atoms with Crippen LogP contribution in [0.5, 0.6) is 0 Å². The second-order valence-corrected chi connectivity index (χ2v) is 5.31. The molecule has 0 saturated carbocycles. The maximum absolute atomic E-state index is 5.83. The quantitative estimate of drug-likeness (QED) is 0.579. The first-order chi connectivity index (χ1) is 9.22. The van der Waals surface area contributed by atoms with Gasteiger partial charge in [0, 0.05) is 31.6 Å². The molecule has 19 heavy (non-hydrogen) atoms. The van der Waals surface area contributed by atoms with Crippen LogP contribution in [0.2, 0.25) is 0 Å². The van der Waals surface area contributed by atoms with Gasteiger partial charge in [0.15, 0.2) is 5.65 Å². The number of aromatic nitrogens is 3. The van der Waals surface area contributed by atoms with E-state index >= 15 is 0 Å². The van der Waals surface area contributed by atoms with Crippen LogP contribution in [-0.2, 0) is 17.7 Å². The van der Waals surface area contributed by atoms with E-state index in [0.29, 0.717) is 18.4 Å². The van der Waals surface area contributed by atoms with Gasteiger partial charge in [0.05, 0.1) is 6.61 Å². The lowest BCUT2D eigenvalue weighted by Gasteiger charge is -2.10. The number of hydrogen-bond acceptors (Lipinski definition) is 3. The van der Waals surface area contributed by atoms with Gasteiger partial charge in [-0.2, -0.15) is 0 Å². The van der Waals surface area contributed by atoms with Gasteiger partial charge in [0.25, 0.3) is 0 Å². The zero-order chi connectivity index (χ0) is 13.7. The molecule has 0 unspecified atom stereocenters. The van der Waals surface area contributed by atoms with Crippen molar-refractivity contribution in [2.45, 2.75) is 26.8 Å². The second-order valence-electron chi connectivity index (χ2n) is 4.93. The van der Waals surface area contributed by atoms with Crippen LogP contribution in [0.1, 0.15) is 19.7 Å². The van der Waals surface area contributed by atoms with Crippen LogP contribution in [0.3, 0.4) is 0 Å². The number of ether oxygens (including phenoxy) is 1. The van der Waals surface area contributed by atoms with Crippen molar-refractivity contribution in [1.29, 1.82) is 0 Å². The van der Waals surface area contributed by atoms with Crippen molar-refractivity contribution in [3.05, 3.63) is 24.2 Å². The van der Waals surface area contributed by atoms with Crippen LogP contribution in [0.25, 0.3) is 11.2 Å². The van der Waals surface area contributed by atoms with E-state index in [9.17, 15) is 0 Å². The number of rotatable bonds is 7. The summed E-state index contributed by atoms with van der Waals surface area (Å²) in [4.78, 5) is 8.98. The maximum Gasteiger partial charge on any atom is 0.160 e. The molecule has 2 rings (SSSR count). The highest BCUT2D eigenvalue weighted by atomic mass is 35.5. The molecule has 0 fully saturated rings. The monoisotopic (exact) mass is 281 g/mol. The first-order valence-corrected chi connectivity index (χ1v) is 7.19. The smallest absolute Gasteiger partial charge is 0.160 e. The van der Waals surface area contributed by atoms with Crippen molar-refractivity contribution in [2.75, 3.05) is 19.1 Å². The fourth-order valence-electron chi connectivity index (χ4n) is 1.99. The highest BCUT2D eigenvalue weighted by Crippen LogP contribution is 2.14. The molecule has 0 aliphatic carbocycles. The van der Waals surface area contributed by atoms with Gasteiger partial charge in [0.1, 0.15) is 11.3 Å². The predicted octanol–water partition coefficient (Wildman–Crippen LogP) is 2.89. The Morgan fingerprint density at radius 3 is 3.00 bits per heavy atom. The summed E-state index contributed by atoms with van der Waals surface area (Å²) in [6.45, 7) is 6.52. The summed E-state index contributed by atoms with van der Waals surface area (Å²) in [7, 11) is 0. The average Bonchev–Trinajstić information content (AvgIpc) is 2.73. The van der Waals surface area contributed by atoms with Crippen molar-refractivity contribution in [2.24, 2.45) is 5.92 Å². The zero-order valence-corrected chi connectivity index (χ0v) is 12.2. The molecular formula is C14H20ClN3O. The highest BCUT2D eigenvalue weighted by molar-refractivity contribution is 6.17. The summed E-state index contributed by atoms with van der Waals surface area (Å²) < 4.78 is 7.75. The number of nitrogens with zero attached hydrogens (tertiary/aromatic N) is 3. The molecule has 0 aromatic carbocycles. The minimum absolute atomic E-state index is 0.556. The molecule has 104 valence electrons.